The van der Waals surface area contributed by atoms with Gasteiger partial charge in [-0.25, -0.2) is 13.1 Å². The topological polar surface area (TPSA) is 55.4 Å². The number of aryl methyl sites for hydroxylation is 2. The van der Waals surface area contributed by atoms with Crippen LogP contribution in [0.4, 0.5) is 0 Å². The maximum Gasteiger partial charge on any atom is 0.244 e. The van der Waals surface area contributed by atoms with Crippen LogP contribution in [0.3, 0.4) is 0 Å². The van der Waals surface area contributed by atoms with Gasteiger partial charge in [-0.1, -0.05) is 18.9 Å². The van der Waals surface area contributed by atoms with E-state index in [1.165, 1.54) is 7.11 Å². The minimum atomic E-state index is -3.51. The maximum absolute atomic E-state index is 12.5. The van der Waals surface area contributed by atoms with Crippen LogP contribution in [0.1, 0.15) is 36.8 Å². The molecule has 0 aliphatic heterocycles. The summed E-state index contributed by atoms with van der Waals surface area (Å²) in [5.41, 5.74) is 1.76. The molecule has 1 saturated carbocycles. The van der Waals surface area contributed by atoms with Crippen LogP contribution in [0.5, 0.6) is 5.75 Å². The zero-order chi connectivity index (χ0) is 14.0. The third-order valence-electron chi connectivity index (χ3n) is 3.56. The minimum absolute atomic E-state index is 0.0653. The molecule has 0 unspecified atom stereocenters. The highest BCUT2D eigenvalue weighted by atomic mass is 32.2. The zero-order valence-corrected chi connectivity index (χ0v) is 12.5. The van der Waals surface area contributed by atoms with Crippen LogP contribution in [0.2, 0.25) is 0 Å². The predicted octanol–water partition coefficient (Wildman–Crippen LogP) is 2.53. The van der Waals surface area contributed by atoms with Gasteiger partial charge in [0.1, 0.15) is 10.6 Å². The summed E-state index contributed by atoms with van der Waals surface area (Å²) in [5.74, 6) is 0.441. The number of hydrogen-bond acceptors (Lipinski definition) is 3. The van der Waals surface area contributed by atoms with Gasteiger partial charge >= 0.3 is 0 Å². The van der Waals surface area contributed by atoms with Crippen LogP contribution in [0.15, 0.2) is 17.0 Å². The molecule has 0 amide bonds. The second-order valence-corrected chi connectivity index (χ2v) is 6.90. The molecule has 1 aliphatic rings. The Balaban J connectivity index is 2.38. The quantitative estimate of drug-likeness (QED) is 0.924. The average molecular weight is 283 g/mol. The standard InChI is InChI=1S/C14H21NO3S/c1-10-8-11(2)14(18-3)13(9-10)19(16,17)15-12-6-4-5-7-12/h8-9,12,15H,4-7H2,1-3H3. The van der Waals surface area contributed by atoms with Crippen molar-refractivity contribution in [1.29, 1.82) is 0 Å². The second-order valence-electron chi connectivity index (χ2n) is 5.22. The first kappa shape index (κ1) is 14.3. The number of rotatable bonds is 4. The van der Waals surface area contributed by atoms with E-state index in [-0.39, 0.29) is 10.9 Å². The first-order valence-corrected chi connectivity index (χ1v) is 8.10. The van der Waals surface area contributed by atoms with E-state index in [0.717, 1.165) is 36.8 Å². The largest absolute Gasteiger partial charge is 0.495 e. The number of nitrogens with one attached hydrogen (secondary N) is 1. The molecule has 2 rings (SSSR count). The van der Waals surface area contributed by atoms with Crippen molar-refractivity contribution in [1.82, 2.24) is 4.72 Å². The normalized spacial score (nSPS) is 16.8. The number of ether oxygens (including phenoxy) is 1. The fraction of sp³-hybridized carbons (Fsp3) is 0.571. The Morgan fingerprint density at radius 3 is 2.42 bits per heavy atom. The smallest absolute Gasteiger partial charge is 0.244 e. The van der Waals surface area contributed by atoms with Crippen molar-refractivity contribution in [2.45, 2.75) is 50.5 Å². The molecule has 0 radical (unpaired) electrons. The SMILES string of the molecule is COc1c(C)cc(C)cc1S(=O)(=O)NC1CCCC1. The Bertz CT molecular complexity index is 560. The molecule has 4 nitrogen and oxygen atoms in total. The number of methoxy groups -OCH3 is 1. The van der Waals surface area contributed by atoms with Crippen LogP contribution in [-0.4, -0.2) is 21.6 Å². The van der Waals surface area contributed by atoms with Gasteiger partial charge in [0.05, 0.1) is 7.11 Å². The van der Waals surface area contributed by atoms with E-state index >= 15 is 0 Å². The molecule has 19 heavy (non-hydrogen) atoms. The van der Waals surface area contributed by atoms with Crippen LogP contribution in [0, 0.1) is 13.8 Å². The Hall–Kier alpha value is -1.07. The third kappa shape index (κ3) is 3.09. The van der Waals surface area contributed by atoms with Crippen molar-refractivity contribution in [2.75, 3.05) is 7.11 Å². The van der Waals surface area contributed by atoms with E-state index in [2.05, 4.69) is 4.72 Å². The highest BCUT2D eigenvalue weighted by Gasteiger charge is 2.26. The Morgan fingerprint density at radius 1 is 1.21 bits per heavy atom. The number of hydrogen-bond donors (Lipinski definition) is 1. The van der Waals surface area contributed by atoms with Gasteiger partial charge in [-0.3, -0.25) is 0 Å². The van der Waals surface area contributed by atoms with E-state index in [1.54, 1.807) is 6.07 Å². The summed E-state index contributed by atoms with van der Waals surface area (Å²) in [4.78, 5) is 0.249. The molecule has 106 valence electrons. The molecule has 5 heteroatoms. The van der Waals surface area contributed by atoms with Crippen LogP contribution in [-0.2, 0) is 10.0 Å². The predicted molar refractivity (Wildman–Crippen MR) is 75.0 cm³/mol. The summed E-state index contributed by atoms with van der Waals surface area (Å²) in [6.07, 6.45) is 4.03. The number of sulfonamides is 1. The molecular formula is C14H21NO3S. The van der Waals surface area contributed by atoms with E-state index in [4.69, 9.17) is 4.74 Å². The van der Waals surface area contributed by atoms with Crippen LogP contribution < -0.4 is 9.46 Å². The van der Waals surface area contributed by atoms with E-state index in [1.807, 2.05) is 19.9 Å². The average Bonchev–Trinajstić information content (AvgIpc) is 2.80. The fourth-order valence-electron chi connectivity index (χ4n) is 2.70. The minimum Gasteiger partial charge on any atom is -0.495 e. The van der Waals surface area contributed by atoms with Gasteiger partial charge in [0.25, 0.3) is 0 Å². The van der Waals surface area contributed by atoms with Crippen molar-refractivity contribution in [3.05, 3.63) is 23.3 Å². The van der Waals surface area contributed by atoms with Gasteiger partial charge < -0.3 is 4.74 Å². The van der Waals surface area contributed by atoms with Crippen molar-refractivity contribution >= 4 is 10.0 Å². The van der Waals surface area contributed by atoms with Gasteiger partial charge in [0.2, 0.25) is 10.0 Å². The second kappa shape index (κ2) is 5.51. The zero-order valence-electron chi connectivity index (χ0n) is 11.7. The van der Waals surface area contributed by atoms with E-state index < -0.39 is 10.0 Å². The van der Waals surface area contributed by atoms with E-state index in [0.29, 0.717) is 5.75 Å². The first-order chi connectivity index (χ1) is 8.94. The highest BCUT2D eigenvalue weighted by Crippen LogP contribution is 2.30. The summed E-state index contributed by atoms with van der Waals surface area (Å²) >= 11 is 0. The Kier molecular flexibility index (Phi) is 4.16. The molecule has 0 atom stereocenters. The Labute approximate surface area is 115 Å². The van der Waals surface area contributed by atoms with Gasteiger partial charge in [0, 0.05) is 6.04 Å². The number of benzene rings is 1. The molecule has 1 aromatic carbocycles. The molecule has 0 aromatic heterocycles. The lowest BCUT2D eigenvalue weighted by molar-refractivity contribution is 0.398. The molecule has 1 aliphatic carbocycles. The summed E-state index contributed by atoms with van der Waals surface area (Å²) in [6, 6.07) is 3.66. The van der Waals surface area contributed by atoms with Gasteiger partial charge in [0.15, 0.2) is 0 Å². The van der Waals surface area contributed by atoms with Crippen LogP contribution in [0.25, 0.3) is 0 Å². The molecule has 1 N–H and O–H groups in total. The van der Waals surface area contributed by atoms with Gasteiger partial charge in [-0.15, -0.1) is 0 Å². The lowest BCUT2D eigenvalue weighted by Crippen LogP contribution is -2.33. The van der Waals surface area contributed by atoms with Crippen molar-refractivity contribution in [3.63, 3.8) is 0 Å². The Morgan fingerprint density at radius 2 is 1.84 bits per heavy atom. The maximum atomic E-state index is 12.5. The van der Waals surface area contributed by atoms with Crippen molar-refractivity contribution < 1.29 is 13.2 Å². The van der Waals surface area contributed by atoms with Crippen molar-refractivity contribution in [2.24, 2.45) is 0 Å². The molecule has 0 bridgehead atoms. The van der Waals surface area contributed by atoms with E-state index in [9.17, 15) is 8.42 Å². The third-order valence-corrected chi connectivity index (χ3v) is 5.08. The lowest BCUT2D eigenvalue weighted by Gasteiger charge is -2.16. The summed E-state index contributed by atoms with van der Waals surface area (Å²) in [6.45, 7) is 3.75. The molecule has 1 aromatic rings. The van der Waals surface area contributed by atoms with Gasteiger partial charge in [-0.05, 0) is 43.9 Å². The van der Waals surface area contributed by atoms with Gasteiger partial charge in [-0.2, -0.15) is 0 Å². The summed E-state index contributed by atoms with van der Waals surface area (Å²) in [5, 5.41) is 0. The highest BCUT2D eigenvalue weighted by molar-refractivity contribution is 7.89. The molecule has 0 saturated heterocycles. The fourth-order valence-corrected chi connectivity index (χ4v) is 4.33. The van der Waals surface area contributed by atoms with Crippen LogP contribution >= 0.6 is 0 Å². The monoisotopic (exact) mass is 283 g/mol. The summed E-state index contributed by atoms with van der Waals surface area (Å²) in [7, 11) is -2.00. The lowest BCUT2D eigenvalue weighted by atomic mass is 10.1. The molecule has 0 spiro atoms. The molecule has 1 fully saturated rings. The summed E-state index contributed by atoms with van der Waals surface area (Å²) < 4.78 is 33.0. The molecule has 0 heterocycles. The first-order valence-electron chi connectivity index (χ1n) is 6.61. The van der Waals surface area contributed by atoms with Crippen molar-refractivity contribution in [3.8, 4) is 5.75 Å². The molecular weight excluding hydrogens is 262 g/mol.